The van der Waals surface area contributed by atoms with Gasteiger partial charge in [0, 0.05) is 19.1 Å². The van der Waals surface area contributed by atoms with Crippen molar-refractivity contribution in [3.8, 4) is 0 Å². The molecule has 1 saturated heterocycles. The number of carbonyl (C=O) groups excluding carboxylic acids is 2. The van der Waals surface area contributed by atoms with Crippen molar-refractivity contribution < 1.29 is 14.3 Å². The molecule has 0 aliphatic carbocycles. The first-order valence-electron chi connectivity index (χ1n) is 8.46. The maximum absolute atomic E-state index is 12.8. The molecule has 1 rings (SSSR count). The van der Waals surface area contributed by atoms with Crippen molar-refractivity contribution >= 4 is 12.0 Å². The Morgan fingerprint density at radius 1 is 1.17 bits per heavy atom. The Bertz CT molecular complexity index is 408. The standard InChI is InChI=1S/C17H33N3O3/c1-12(2)14(18-16(22)23-17(3,4)5)15(21)20-10-8-13(9-11-20)19(6)7/h12-14H,8-11H2,1-7H3,(H,18,22). The number of piperidine rings is 1. The highest BCUT2D eigenvalue weighted by Crippen LogP contribution is 2.17. The Balaban J connectivity index is 2.64. The summed E-state index contributed by atoms with van der Waals surface area (Å²) in [5.74, 6) is 0.00431. The lowest BCUT2D eigenvalue weighted by Gasteiger charge is -2.37. The topological polar surface area (TPSA) is 61.9 Å². The van der Waals surface area contributed by atoms with Crippen molar-refractivity contribution in [2.75, 3.05) is 27.2 Å². The Kier molecular flexibility index (Phi) is 6.86. The first-order chi connectivity index (χ1) is 10.5. The Hall–Kier alpha value is -1.30. The number of nitrogens with one attached hydrogen (secondary N) is 1. The molecular formula is C17H33N3O3. The number of rotatable bonds is 4. The van der Waals surface area contributed by atoms with E-state index in [4.69, 9.17) is 4.74 Å². The first kappa shape index (κ1) is 19.7. The van der Waals surface area contributed by atoms with Gasteiger partial charge in [-0.05, 0) is 53.6 Å². The lowest BCUT2D eigenvalue weighted by Crippen LogP contribution is -2.54. The molecule has 23 heavy (non-hydrogen) atoms. The van der Waals surface area contributed by atoms with Gasteiger partial charge < -0.3 is 19.9 Å². The van der Waals surface area contributed by atoms with Gasteiger partial charge in [-0.25, -0.2) is 4.79 Å². The van der Waals surface area contributed by atoms with Gasteiger partial charge in [0.25, 0.3) is 0 Å². The summed E-state index contributed by atoms with van der Waals surface area (Å²) in [6.07, 6.45) is 1.40. The second kappa shape index (κ2) is 7.99. The van der Waals surface area contributed by atoms with E-state index in [1.54, 1.807) is 0 Å². The third-order valence-electron chi connectivity index (χ3n) is 4.11. The lowest BCUT2D eigenvalue weighted by atomic mass is 9.99. The van der Waals surface area contributed by atoms with Crippen LogP contribution in [0.5, 0.6) is 0 Å². The van der Waals surface area contributed by atoms with Gasteiger partial charge in [0.2, 0.25) is 5.91 Å². The summed E-state index contributed by atoms with van der Waals surface area (Å²) in [6.45, 7) is 10.8. The molecule has 0 saturated carbocycles. The van der Waals surface area contributed by atoms with Crippen LogP contribution >= 0.6 is 0 Å². The van der Waals surface area contributed by atoms with Crippen LogP contribution in [0, 0.1) is 5.92 Å². The Morgan fingerprint density at radius 3 is 2.09 bits per heavy atom. The zero-order valence-electron chi connectivity index (χ0n) is 15.7. The summed E-state index contributed by atoms with van der Waals surface area (Å²) in [6, 6.07) is -0.0175. The van der Waals surface area contributed by atoms with Gasteiger partial charge in [0.05, 0.1) is 0 Å². The summed E-state index contributed by atoms with van der Waals surface area (Å²) < 4.78 is 5.28. The third kappa shape index (κ3) is 6.37. The molecule has 1 heterocycles. The van der Waals surface area contributed by atoms with Crippen molar-refractivity contribution in [1.29, 1.82) is 0 Å². The normalized spacial score (nSPS) is 18.2. The quantitative estimate of drug-likeness (QED) is 0.859. The van der Waals surface area contributed by atoms with Gasteiger partial charge in [0.1, 0.15) is 11.6 Å². The first-order valence-corrected chi connectivity index (χ1v) is 8.46. The number of ether oxygens (including phenoxy) is 1. The largest absolute Gasteiger partial charge is 0.444 e. The van der Waals surface area contributed by atoms with Gasteiger partial charge in [0.15, 0.2) is 0 Å². The van der Waals surface area contributed by atoms with Gasteiger partial charge in [-0.2, -0.15) is 0 Å². The highest BCUT2D eigenvalue weighted by molar-refractivity contribution is 5.86. The van der Waals surface area contributed by atoms with E-state index < -0.39 is 17.7 Å². The van der Waals surface area contributed by atoms with Crippen molar-refractivity contribution in [1.82, 2.24) is 15.1 Å². The summed E-state index contributed by atoms with van der Waals surface area (Å²) >= 11 is 0. The molecule has 2 amide bonds. The molecule has 1 aliphatic heterocycles. The second-order valence-corrected chi connectivity index (χ2v) is 7.89. The fourth-order valence-corrected chi connectivity index (χ4v) is 2.75. The molecule has 0 bridgehead atoms. The van der Waals surface area contributed by atoms with E-state index in [0.717, 1.165) is 25.9 Å². The summed E-state index contributed by atoms with van der Waals surface area (Å²) in [5.41, 5.74) is -0.571. The minimum Gasteiger partial charge on any atom is -0.444 e. The molecule has 6 nitrogen and oxygen atoms in total. The highest BCUT2D eigenvalue weighted by Gasteiger charge is 2.32. The summed E-state index contributed by atoms with van der Waals surface area (Å²) in [4.78, 5) is 28.8. The van der Waals surface area contributed by atoms with E-state index in [1.807, 2.05) is 39.5 Å². The fourth-order valence-electron chi connectivity index (χ4n) is 2.75. The molecule has 0 aromatic heterocycles. The minimum absolute atomic E-state index is 0.0111. The number of likely N-dealkylation sites (tertiary alicyclic amines) is 1. The number of nitrogens with zero attached hydrogens (tertiary/aromatic N) is 2. The molecule has 1 unspecified atom stereocenters. The predicted octanol–water partition coefficient (Wildman–Crippen LogP) is 2.09. The van der Waals surface area contributed by atoms with Crippen LogP contribution in [-0.2, 0) is 9.53 Å². The van der Waals surface area contributed by atoms with Crippen LogP contribution < -0.4 is 5.32 Å². The molecule has 0 spiro atoms. The van der Waals surface area contributed by atoms with Crippen LogP contribution in [0.3, 0.4) is 0 Å². The number of alkyl carbamates (subject to hydrolysis) is 1. The fraction of sp³-hybridized carbons (Fsp3) is 0.882. The maximum atomic E-state index is 12.8. The Labute approximate surface area is 140 Å². The summed E-state index contributed by atoms with van der Waals surface area (Å²) in [7, 11) is 4.15. The van der Waals surface area contributed by atoms with Crippen LogP contribution in [0.25, 0.3) is 0 Å². The number of carbonyl (C=O) groups is 2. The molecule has 0 aromatic carbocycles. The van der Waals surface area contributed by atoms with Crippen LogP contribution in [0.4, 0.5) is 4.79 Å². The van der Waals surface area contributed by atoms with Crippen LogP contribution in [0.1, 0.15) is 47.5 Å². The monoisotopic (exact) mass is 327 g/mol. The molecule has 134 valence electrons. The van der Waals surface area contributed by atoms with E-state index in [-0.39, 0.29) is 11.8 Å². The van der Waals surface area contributed by atoms with Gasteiger partial charge in [-0.15, -0.1) is 0 Å². The third-order valence-corrected chi connectivity index (χ3v) is 4.11. The molecule has 0 aromatic rings. The summed E-state index contributed by atoms with van der Waals surface area (Å²) in [5, 5.41) is 2.74. The smallest absolute Gasteiger partial charge is 0.408 e. The molecule has 0 radical (unpaired) electrons. The van der Waals surface area contributed by atoms with E-state index in [2.05, 4.69) is 24.3 Å². The lowest BCUT2D eigenvalue weighted by molar-refractivity contribution is -0.136. The van der Waals surface area contributed by atoms with Gasteiger partial charge in [-0.1, -0.05) is 13.8 Å². The molecule has 1 fully saturated rings. The molecule has 1 aliphatic rings. The van der Waals surface area contributed by atoms with Crippen molar-refractivity contribution in [3.63, 3.8) is 0 Å². The maximum Gasteiger partial charge on any atom is 0.408 e. The number of amides is 2. The second-order valence-electron chi connectivity index (χ2n) is 7.89. The molecular weight excluding hydrogens is 294 g/mol. The van der Waals surface area contributed by atoms with Crippen molar-refractivity contribution in [2.45, 2.75) is 65.1 Å². The van der Waals surface area contributed by atoms with Crippen molar-refractivity contribution in [3.05, 3.63) is 0 Å². The predicted molar refractivity (Wildman–Crippen MR) is 91.3 cm³/mol. The SMILES string of the molecule is CC(C)C(NC(=O)OC(C)(C)C)C(=O)N1CCC(N(C)C)CC1. The zero-order valence-corrected chi connectivity index (χ0v) is 15.7. The average molecular weight is 327 g/mol. The van der Waals surface area contributed by atoms with E-state index >= 15 is 0 Å². The zero-order chi connectivity index (χ0) is 17.8. The van der Waals surface area contributed by atoms with Gasteiger partial charge >= 0.3 is 6.09 Å². The molecule has 1 atom stereocenters. The molecule has 6 heteroatoms. The van der Waals surface area contributed by atoms with Crippen LogP contribution in [0.2, 0.25) is 0 Å². The minimum atomic E-state index is -0.571. The van der Waals surface area contributed by atoms with E-state index in [1.165, 1.54) is 0 Å². The van der Waals surface area contributed by atoms with Crippen molar-refractivity contribution in [2.24, 2.45) is 5.92 Å². The van der Waals surface area contributed by atoms with E-state index in [9.17, 15) is 9.59 Å². The van der Waals surface area contributed by atoms with Crippen LogP contribution in [-0.4, -0.2) is 66.7 Å². The number of hydrogen-bond acceptors (Lipinski definition) is 4. The average Bonchev–Trinajstić information content (AvgIpc) is 2.42. The number of hydrogen-bond donors (Lipinski definition) is 1. The van der Waals surface area contributed by atoms with Crippen LogP contribution in [0.15, 0.2) is 0 Å². The van der Waals surface area contributed by atoms with Gasteiger partial charge in [-0.3, -0.25) is 4.79 Å². The van der Waals surface area contributed by atoms with E-state index in [0.29, 0.717) is 6.04 Å². The highest BCUT2D eigenvalue weighted by atomic mass is 16.6. The Morgan fingerprint density at radius 2 is 1.70 bits per heavy atom. The molecule has 1 N–H and O–H groups in total.